The lowest BCUT2D eigenvalue weighted by Crippen LogP contribution is -2.35. The highest BCUT2D eigenvalue weighted by atomic mass is 79.9. The molecule has 0 aliphatic carbocycles. The first kappa shape index (κ1) is 14.5. The van der Waals surface area contributed by atoms with E-state index in [0.717, 1.165) is 42.7 Å². The van der Waals surface area contributed by atoms with Crippen molar-refractivity contribution in [3.63, 3.8) is 0 Å². The Balaban J connectivity index is 1.92. The Morgan fingerprint density at radius 2 is 2.11 bits per heavy atom. The minimum atomic E-state index is 0.277. The number of ether oxygens (including phenoxy) is 1. The van der Waals surface area contributed by atoms with E-state index in [1.807, 2.05) is 6.07 Å². The van der Waals surface area contributed by atoms with Crippen molar-refractivity contribution in [1.82, 2.24) is 4.90 Å². The summed E-state index contributed by atoms with van der Waals surface area (Å²) in [6.07, 6.45) is 1.99. The summed E-state index contributed by atoms with van der Waals surface area (Å²) in [5, 5.41) is 0. The molecule has 0 spiro atoms. The molecule has 3 nitrogen and oxygen atoms in total. The fraction of sp³-hybridized carbons (Fsp3) is 0.533. The Bertz CT molecular complexity index is 453. The highest BCUT2D eigenvalue weighted by molar-refractivity contribution is 9.10. The minimum absolute atomic E-state index is 0.277. The van der Waals surface area contributed by atoms with E-state index >= 15 is 0 Å². The van der Waals surface area contributed by atoms with Gasteiger partial charge in [0.2, 0.25) is 0 Å². The van der Waals surface area contributed by atoms with Crippen LogP contribution in [0, 0.1) is 5.92 Å². The Morgan fingerprint density at radius 1 is 1.42 bits per heavy atom. The summed E-state index contributed by atoms with van der Waals surface area (Å²) >= 11 is 3.51. The first-order valence-electron chi connectivity index (χ1n) is 6.65. The van der Waals surface area contributed by atoms with Crippen molar-refractivity contribution in [2.75, 3.05) is 20.2 Å². The topological polar surface area (TPSA) is 29.5 Å². The molecule has 1 fully saturated rings. The average Bonchev–Trinajstić information content (AvgIpc) is 2.39. The Morgan fingerprint density at radius 3 is 2.63 bits per heavy atom. The third-order valence-corrected chi connectivity index (χ3v) is 4.40. The van der Waals surface area contributed by atoms with Crippen molar-refractivity contribution < 1.29 is 9.53 Å². The predicted octanol–water partition coefficient (Wildman–Crippen LogP) is 3.26. The number of halogens is 1. The molecular formula is C15H20BrNO2. The Hall–Kier alpha value is -0.870. The highest BCUT2D eigenvalue weighted by Crippen LogP contribution is 2.27. The summed E-state index contributed by atoms with van der Waals surface area (Å²) in [6, 6.07) is 6.19. The number of rotatable bonds is 4. The second-order valence-corrected chi connectivity index (χ2v) is 5.98. The van der Waals surface area contributed by atoms with Crippen LogP contribution in [-0.4, -0.2) is 30.9 Å². The normalized spacial score (nSPS) is 17.4. The number of carbonyl (C=O) groups excluding carboxylic acids is 1. The smallest absolute Gasteiger partial charge is 0.133 e. The van der Waals surface area contributed by atoms with E-state index in [4.69, 9.17) is 4.74 Å². The molecule has 1 aromatic rings. The molecule has 1 saturated heterocycles. The number of piperidine rings is 1. The molecule has 0 N–H and O–H groups in total. The van der Waals surface area contributed by atoms with Gasteiger partial charge in [-0.25, -0.2) is 0 Å². The number of hydrogen-bond donors (Lipinski definition) is 0. The summed E-state index contributed by atoms with van der Waals surface area (Å²) in [5.41, 5.74) is 1.27. The number of hydrogen-bond acceptors (Lipinski definition) is 3. The summed E-state index contributed by atoms with van der Waals surface area (Å²) in [7, 11) is 1.67. The van der Waals surface area contributed by atoms with Gasteiger partial charge in [0.1, 0.15) is 11.5 Å². The molecule has 0 atom stereocenters. The third kappa shape index (κ3) is 3.80. The molecule has 1 aliphatic heterocycles. The summed E-state index contributed by atoms with van der Waals surface area (Å²) in [6.45, 7) is 4.66. The number of benzene rings is 1. The first-order valence-corrected chi connectivity index (χ1v) is 7.44. The van der Waals surface area contributed by atoms with Gasteiger partial charge in [-0.2, -0.15) is 0 Å². The fourth-order valence-corrected chi connectivity index (χ4v) is 3.15. The maximum atomic E-state index is 11.3. The SMILES string of the molecule is COc1ccc(CN2CCC(C(C)=O)CC2)cc1Br. The van der Waals surface area contributed by atoms with Gasteiger partial charge in [-0.05, 0) is 66.5 Å². The van der Waals surface area contributed by atoms with Crippen LogP contribution in [0.4, 0.5) is 0 Å². The molecule has 0 unspecified atom stereocenters. The van der Waals surface area contributed by atoms with Gasteiger partial charge >= 0.3 is 0 Å². The number of likely N-dealkylation sites (tertiary alicyclic amines) is 1. The first-order chi connectivity index (χ1) is 9.10. The lowest BCUT2D eigenvalue weighted by atomic mass is 9.93. The zero-order chi connectivity index (χ0) is 13.8. The van der Waals surface area contributed by atoms with Crippen LogP contribution in [-0.2, 0) is 11.3 Å². The molecule has 4 heteroatoms. The van der Waals surface area contributed by atoms with E-state index in [2.05, 4.69) is 33.0 Å². The molecule has 1 aliphatic rings. The van der Waals surface area contributed by atoms with Crippen LogP contribution < -0.4 is 4.74 Å². The number of nitrogens with zero attached hydrogens (tertiary/aromatic N) is 1. The lowest BCUT2D eigenvalue weighted by Gasteiger charge is -2.30. The van der Waals surface area contributed by atoms with Crippen molar-refractivity contribution in [2.24, 2.45) is 5.92 Å². The molecule has 0 amide bonds. The lowest BCUT2D eigenvalue weighted by molar-refractivity contribution is -0.122. The van der Waals surface area contributed by atoms with Crippen LogP contribution >= 0.6 is 15.9 Å². The van der Waals surface area contributed by atoms with Gasteiger partial charge in [0, 0.05) is 12.5 Å². The zero-order valence-electron chi connectivity index (χ0n) is 11.5. The van der Waals surface area contributed by atoms with E-state index in [1.54, 1.807) is 14.0 Å². The second kappa shape index (κ2) is 6.53. The molecule has 0 bridgehead atoms. The third-order valence-electron chi connectivity index (χ3n) is 3.78. The van der Waals surface area contributed by atoms with Gasteiger partial charge in [-0.3, -0.25) is 9.69 Å². The van der Waals surface area contributed by atoms with Gasteiger partial charge < -0.3 is 4.74 Å². The molecule has 19 heavy (non-hydrogen) atoms. The van der Waals surface area contributed by atoms with Crippen molar-refractivity contribution in [3.8, 4) is 5.75 Å². The standard InChI is InChI=1S/C15H20BrNO2/c1-11(18)13-5-7-17(8-6-13)10-12-3-4-15(19-2)14(16)9-12/h3-4,9,13H,5-8,10H2,1-2H3. The van der Waals surface area contributed by atoms with Gasteiger partial charge in [-0.1, -0.05) is 6.07 Å². The van der Waals surface area contributed by atoms with Crippen LogP contribution in [0.15, 0.2) is 22.7 Å². The van der Waals surface area contributed by atoms with Gasteiger partial charge in [0.15, 0.2) is 0 Å². The average molecular weight is 326 g/mol. The minimum Gasteiger partial charge on any atom is -0.496 e. The Kier molecular flexibility index (Phi) is 4.99. The van der Waals surface area contributed by atoms with E-state index in [0.29, 0.717) is 5.78 Å². The maximum Gasteiger partial charge on any atom is 0.133 e. The van der Waals surface area contributed by atoms with Crippen LogP contribution in [0.2, 0.25) is 0 Å². The number of ketones is 1. The molecule has 0 aromatic heterocycles. The highest BCUT2D eigenvalue weighted by Gasteiger charge is 2.22. The van der Waals surface area contributed by atoms with Gasteiger partial charge in [0.05, 0.1) is 11.6 Å². The van der Waals surface area contributed by atoms with E-state index in [9.17, 15) is 4.79 Å². The van der Waals surface area contributed by atoms with E-state index < -0.39 is 0 Å². The van der Waals surface area contributed by atoms with Crippen LogP contribution in [0.5, 0.6) is 5.75 Å². The van der Waals surface area contributed by atoms with Crippen LogP contribution in [0.1, 0.15) is 25.3 Å². The van der Waals surface area contributed by atoms with Crippen LogP contribution in [0.25, 0.3) is 0 Å². The summed E-state index contributed by atoms with van der Waals surface area (Å²) in [5.74, 6) is 1.48. The molecule has 1 aromatic carbocycles. The molecule has 0 radical (unpaired) electrons. The van der Waals surface area contributed by atoms with Crippen molar-refractivity contribution >= 4 is 21.7 Å². The van der Waals surface area contributed by atoms with Gasteiger partial charge in [-0.15, -0.1) is 0 Å². The predicted molar refractivity (Wildman–Crippen MR) is 79.4 cm³/mol. The molecular weight excluding hydrogens is 306 g/mol. The Labute approximate surface area is 123 Å². The van der Waals surface area contributed by atoms with Crippen LogP contribution in [0.3, 0.4) is 0 Å². The molecule has 104 valence electrons. The maximum absolute atomic E-state index is 11.3. The number of Topliss-reactive ketones (excluding diaryl/α,β-unsaturated/α-hetero) is 1. The summed E-state index contributed by atoms with van der Waals surface area (Å²) < 4.78 is 6.22. The molecule has 1 heterocycles. The molecule has 0 saturated carbocycles. The van der Waals surface area contributed by atoms with Crippen molar-refractivity contribution in [2.45, 2.75) is 26.3 Å². The fourth-order valence-electron chi connectivity index (χ4n) is 2.56. The summed E-state index contributed by atoms with van der Waals surface area (Å²) in [4.78, 5) is 13.8. The van der Waals surface area contributed by atoms with Gasteiger partial charge in [0.25, 0.3) is 0 Å². The largest absolute Gasteiger partial charge is 0.496 e. The van der Waals surface area contributed by atoms with E-state index in [1.165, 1.54) is 5.56 Å². The van der Waals surface area contributed by atoms with Crippen molar-refractivity contribution in [3.05, 3.63) is 28.2 Å². The van der Waals surface area contributed by atoms with Crippen molar-refractivity contribution in [1.29, 1.82) is 0 Å². The number of carbonyl (C=O) groups is 1. The quantitative estimate of drug-likeness (QED) is 0.851. The second-order valence-electron chi connectivity index (χ2n) is 5.13. The number of methoxy groups -OCH3 is 1. The zero-order valence-corrected chi connectivity index (χ0v) is 13.1. The monoisotopic (exact) mass is 325 g/mol. The van der Waals surface area contributed by atoms with E-state index in [-0.39, 0.29) is 5.92 Å². The molecule has 2 rings (SSSR count).